The maximum absolute atomic E-state index is 11.6. The van der Waals surface area contributed by atoms with Crippen molar-refractivity contribution in [2.75, 3.05) is 17.7 Å². The normalized spacial score (nSPS) is 10.7. The number of nitrogens with zero attached hydrogens (tertiary/aromatic N) is 3. The van der Waals surface area contributed by atoms with Crippen molar-refractivity contribution in [1.82, 2.24) is 15.0 Å². The average molecular weight is 321 g/mol. The minimum Gasteiger partial charge on any atom is -0.357 e. The predicted molar refractivity (Wildman–Crippen MR) is 96.1 cm³/mol. The van der Waals surface area contributed by atoms with Crippen LogP contribution >= 0.6 is 0 Å². The Morgan fingerprint density at radius 3 is 2.46 bits per heavy atom. The molecule has 2 heterocycles. The lowest BCUT2D eigenvalue weighted by Gasteiger charge is -2.15. The standard InChI is InChI=1S/C18H19N5O/c1-10-6-5-7-11(2)15(10)14-8-13-9-20-18(19-4)23-16(13)22-17(14)21-12(3)24/h5-9H,1-4H3,(H2,19,20,21,22,23,24). The van der Waals surface area contributed by atoms with Crippen LogP contribution in [0.1, 0.15) is 18.1 Å². The van der Waals surface area contributed by atoms with Crippen molar-refractivity contribution in [1.29, 1.82) is 0 Å². The molecule has 3 rings (SSSR count). The van der Waals surface area contributed by atoms with E-state index in [2.05, 4.69) is 25.6 Å². The van der Waals surface area contributed by atoms with Crippen LogP contribution in [0.3, 0.4) is 0 Å². The molecule has 0 bridgehead atoms. The van der Waals surface area contributed by atoms with Gasteiger partial charge in [0.2, 0.25) is 11.9 Å². The number of aromatic nitrogens is 3. The smallest absolute Gasteiger partial charge is 0.224 e. The number of rotatable bonds is 3. The number of nitrogens with one attached hydrogen (secondary N) is 2. The third kappa shape index (κ3) is 2.90. The fraction of sp³-hybridized carbons (Fsp3) is 0.222. The summed E-state index contributed by atoms with van der Waals surface area (Å²) >= 11 is 0. The molecule has 0 saturated carbocycles. The number of fused-ring (bicyclic) bond motifs is 1. The zero-order valence-corrected chi connectivity index (χ0v) is 14.1. The van der Waals surface area contributed by atoms with E-state index in [1.807, 2.05) is 38.1 Å². The van der Waals surface area contributed by atoms with E-state index in [9.17, 15) is 4.79 Å². The zero-order valence-electron chi connectivity index (χ0n) is 14.1. The number of pyridine rings is 1. The number of carbonyl (C=O) groups excluding carboxylic acids is 1. The minimum absolute atomic E-state index is 0.169. The van der Waals surface area contributed by atoms with Gasteiger partial charge < -0.3 is 10.6 Å². The molecule has 2 N–H and O–H groups in total. The molecule has 0 fully saturated rings. The number of aryl methyl sites for hydroxylation is 2. The first kappa shape index (κ1) is 15.9. The van der Waals surface area contributed by atoms with E-state index < -0.39 is 0 Å². The van der Waals surface area contributed by atoms with Crippen molar-refractivity contribution in [2.24, 2.45) is 0 Å². The minimum atomic E-state index is -0.169. The molecule has 1 amide bonds. The summed E-state index contributed by atoms with van der Waals surface area (Å²) in [7, 11) is 1.75. The van der Waals surface area contributed by atoms with Crippen molar-refractivity contribution in [3.8, 4) is 11.1 Å². The Hall–Kier alpha value is -3.02. The second-order valence-corrected chi connectivity index (χ2v) is 5.69. The highest BCUT2D eigenvalue weighted by atomic mass is 16.1. The summed E-state index contributed by atoms with van der Waals surface area (Å²) < 4.78 is 0. The van der Waals surface area contributed by atoms with Crippen LogP contribution in [0.25, 0.3) is 22.2 Å². The van der Waals surface area contributed by atoms with E-state index in [1.54, 1.807) is 13.2 Å². The van der Waals surface area contributed by atoms with E-state index in [-0.39, 0.29) is 5.91 Å². The number of hydrogen-bond donors (Lipinski definition) is 2. The van der Waals surface area contributed by atoms with Crippen molar-refractivity contribution in [3.05, 3.63) is 41.6 Å². The molecule has 0 atom stereocenters. The maximum Gasteiger partial charge on any atom is 0.224 e. The van der Waals surface area contributed by atoms with Crippen molar-refractivity contribution >= 4 is 28.7 Å². The third-order valence-corrected chi connectivity index (χ3v) is 3.84. The molecule has 0 radical (unpaired) electrons. The molecule has 0 aliphatic carbocycles. The first-order chi connectivity index (χ1) is 11.5. The molecule has 0 unspecified atom stereocenters. The number of anilines is 2. The van der Waals surface area contributed by atoms with Gasteiger partial charge in [0.15, 0.2) is 5.65 Å². The second kappa shape index (κ2) is 6.23. The quantitative estimate of drug-likeness (QED) is 0.773. The second-order valence-electron chi connectivity index (χ2n) is 5.69. The molecule has 0 saturated heterocycles. The molecule has 2 aromatic heterocycles. The molecular formula is C18H19N5O. The Kier molecular flexibility index (Phi) is 4.12. The molecule has 6 nitrogen and oxygen atoms in total. The SMILES string of the molecule is CNc1ncc2cc(-c3c(C)cccc3C)c(NC(C)=O)nc2n1. The Morgan fingerprint density at radius 1 is 1.12 bits per heavy atom. The summed E-state index contributed by atoms with van der Waals surface area (Å²) in [4.78, 5) is 24.8. The maximum atomic E-state index is 11.6. The van der Waals surface area contributed by atoms with E-state index in [4.69, 9.17) is 0 Å². The Morgan fingerprint density at radius 2 is 1.83 bits per heavy atom. The van der Waals surface area contributed by atoms with Crippen molar-refractivity contribution < 1.29 is 4.79 Å². The Bertz CT molecular complexity index is 916. The van der Waals surface area contributed by atoms with Gasteiger partial charge in [0, 0.05) is 31.1 Å². The molecule has 6 heteroatoms. The van der Waals surface area contributed by atoms with Crippen LogP contribution in [0.5, 0.6) is 0 Å². The summed E-state index contributed by atoms with van der Waals surface area (Å²) in [5.74, 6) is 0.828. The lowest BCUT2D eigenvalue weighted by molar-refractivity contribution is -0.114. The molecule has 24 heavy (non-hydrogen) atoms. The first-order valence-electron chi connectivity index (χ1n) is 7.69. The monoisotopic (exact) mass is 321 g/mol. The third-order valence-electron chi connectivity index (χ3n) is 3.84. The van der Waals surface area contributed by atoms with Crippen LogP contribution in [0.2, 0.25) is 0 Å². The fourth-order valence-corrected chi connectivity index (χ4v) is 2.78. The summed E-state index contributed by atoms with van der Waals surface area (Å²) in [6.07, 6.45) is 1.73. The topological polar surface area (TPSA) is 79.8 Å². The van der Waals surface area contributed by atoms with Gasteiger partial charge in [-0.3, -0.25) is 4.79 Å². The molecule has 0 spiro atoms. The van der Waals surface area contributed by atoms with Crippen LogP contribution in [-0.2, 0) is 4.79 Å². The summed E-state index contributed by atoms with van der Waals surface area (Å²) in [5.41, 5.74) is 4.71. The number of benzene rings is 1. The molecule has 0 aliphatic rings. The van der Waals surface area contributed by atoms with Gasteiger partial charge >= 0.3 is 0 Å². The van der Waals surface area contributed by atoms with E-state index in [0.717, 1.165) is 27.6 Å². The molecule has 0 aliphatic heterocycles. The van der Waals surface area contributed by atoms with Gasteiger partial charge in [-0.05, 0) is 36.6 Å². The number of amides is 1. The van der Waals surface area contributed by atoms with Gasteiger partial charge in [-0.1, -0.05) is 18.2 Å². The van der Waals surface area contributed by atoms with Gasteiger partial charge in [-0.2, -0.15) is 4.98 Å². The fourth-order valence-electron chi connectivity index (χ4n) is 2.78. The highest BCUT2D eigenvalue weighted by Gasteiger charge is 2.15. The Labute approximate surface area is 140 Å². The van der Waals surface area contributed by atoms with E-state index in [0.29, 0.717) is 17.4 Å². The molecule has 122 valence electrons. The molecule has 1 aromatic carbocycles. The van der Waals surface area contributed by atoms with Crippen LogP contribution < -0.4 is 10.6 Å². The summed E-state index contributed by atoms with van der Waals surface area (Å²) in [6, 6.07) is 8.08. The number of carbonyl (C=O) groups is 1. The van der Waals surface area contributed by atoms with E-state index >= 15 is 0 Å². The summed E-state index contributed by atoms with van der Waals surface area (Å²) in [5, 5.41) is 6.54. The van der Waals surface area contributed by atoms with Gasteiger partial charge in [-0.15, -0.1) is 0 Å². The van der Waals surface area contributed by atoms with Crippen molar-refractivity contribution in [2.45, 2.75) is 20.8 Å². The highest BCUT2D eigenvalue weighted by molar-refractivity contribution is 5.97. The van der Waals surface area contributed by atoms with Crippen LogP contribution in [0.15, 0.2) is 30.5 Å². The molecular weight excluding hydrogens is 302 g/mol. The Balaban J connectivity index is 2.30. The average Bonchev–Trinajstić information content (AvgIpc) is 2.54. The number of hydrogen-bond acceptors (Lipinski definition) is 5. The van der Waals surface area contributed by atoms with Crippen LogP contribution in [-0.4, -0.2) is 27.9 Å². The largest absolute Gasteiger partial charge is 0.357 e. The lowest BCUT2D eigenvalue weighted by atomic mass is 9.95. The predicted octanol–water partition coefficient (Wildman–Crippen LogP) is 3.31. The first-order valence-corrected chi connectivity index (χ1v) is 7.69. The van der Waals surface area contributed by atoms with Crippen LogP contribution in [0.4, 0.5) is 11.8 Å². The van der Waals surface area contributed by atoms with Gasteiger partial charge in [0.1, 0.15) is 5.82 Å². The van der Waals surface area contributed by atoms with Crippen molar-refractivity contribution in [3.63, 3.8) is 0 Å². The highest BCUT2D eigenvalue weighted by Crippen LogP contribution is 2.34. The zero-order chi connectivity index (χ0) is 17.3. The van der Waals surface area contributed by atoms with Gasteiger partial charge in [-0.25, -0.2) is 9.97 Å². The van der Waals surface area contributed by atoms with Crippen LogP contribution in [0, 0.1) is 13.8 Å². The van der Waals surface area contributed by atoms with Gasteiger partial charge in [0.05, 0.1) is 0 Å². The molecule has 3 aromatic rings. The van der Waals surface area contributed by atoms with Gasteiger partial charge in [0.25, 0.3) is 0 Å². The van der Waals surface area contributed by atoms with E-state index in [1.165, 1.54) is 6.92 Å². The lowest BCUT2D eigenvalue weighted by Crippen LogP contribution is -2.10. The summed E-state index contributed by atoms with van der Waals surface area (Å²) in [6.45, 7) is 5.56.